The van der Waals surface area contributed by atoms with Gasteiger partial charge in [-0.1, -0.05) is 18.2 Å². The van der Waals surface area contributed by atoms with Gasteiger partial charge in [-0.05, 0) is 26.8 Å². The molecule has 4 nitrogen and oxygen atoms in total. The molecule has 0 radical (unpaired) electrons. The fourth-order valence-electron chi connectivity index (χ4n) is 2.01. The van der Waals surface area contributed by atoms with Crippen molar-refractivity contribution in [2.75, 3.05) is 5.32 Å². The number of benzene rings is 1. The summed E-state index contributed by atoms with van der Waals surface area (Å²) in [6.07, 6.45) is 0.0753. The van der Waals surface area contributed by atoms with Crippen molar-refractivity contribution in [3.63, 3.8) is 0 Å². The number of para-hydroxylation sites is 1. The molecular formula is C14H18N2O2. The SMILES string of the molecule is Cc1[nH]c2ccccc2c1NC(=O)CC(C)(C)O. The van der Waals surface area contributed by atoms with Crippen molar-refractivity contribution in [3.05, 3.63) is 30.0 Å². The monoisotopic (exact) mass is 246 g/mol. The first-order valence-corrected chi connectivity index (χ1v) is 5.96. The van der Waals surface area contributed by atoms with E-state index in [0.29, 0.717) is 0 Å². The quantitative estimate of drug-likeness (QED) is 0.779. The van der Waals surface area contributed by atoms with Crippen molar-refractivity contribution in [1.29, 1.82) is 0 Å². The van der Waals surface area contributed by atoms with Gasteiger partial charge in [0, 0.05) is 16.6 Å². The molecule has 2 rings (SSSR count). The van der Waals surface area contributed by atoms with Gasteiger partial charge in [0.05, 0.1) is 17.7 Å². The van der Waals surface area contributed by atoms with E-state index in [0.717, 1.165) is 22.3 Å². The van der Waals surface area contributed by atoms with Crippen LogP contribution in [0.15, 0.2) is 24.3 Å². The van der Waals surface area contributed by atoms with Gasteiger partial charge in [0.2, 0.25) is 5.91 Å². The normalized spacial score (nSPS) is 11.8. The highest BCUT2D eigenvalue weighted by Gasteiger charge is 2.19. The standard InChI is InChI=1S/C14H18N2O2/c1-9-13(16-12(17)8-14(2,3)18)10-6-4-5-7-11(10)15-9/h4-7,15,18H,8H2,1-3H3,(H,16,17). The van der Waals surface area contributed by atoms with E-state index < -0.39 is 5.60 Å². The fraction of sp³-hybridized carbons (Fsp3) is 0.357. The van der Waals surface area contributed by atoms with Crippen LogP contribution in [0, 0.1) is 6.92 Å². The van der Waals surface area contributed by atoms with Crippen molar-refractivity contribution in [2.24, 2.45) is 0 Å². The van der Waals surface area contributed by atoms with E-state index in [2.05, 4.69) is 10.3 Å². The first-order chi connectivity index (χ1) is 8.37. The molecule has 2 aromatic rings. The number of nitrogens with one attached hydrogen (secondary N) is 2. The van der Waals surface area contributed by atoms with Crippen LogP contribution >= 0.6 is 0 Å². The molecular weight excluding hydrogens is 228 g/mol. The second kappa shape index (κ2) is 4.46. The Labute approximate surface area is 106 Å². The van der Waals surface area contributed by atoms with E-state index >= 15 is 0 Å². The highest BCUT2D eigenvalue weighted by atomic mass is 16.3. The predicted molar refractivity (Wildman–Crippen MR) is 72.6 cm³/mol. The summed E-state index contributed by atoms with van der Waals surface area (Å²) < 4.78 is 0. The summed E-state index contributed by atoms with van der Waals surface area (Å²) in [5, 5.41) is 13.5. The highest BCUT2D eigenvalue weighted by Crippen LogP contribution is 2.27. The topological polar surface area (TPSA) is 65.1 Å². The summed E-state index contributed by atoms with van der Waals surface area (Å²) in [7, 11) is 0. The van der Waals surface area contributed by atoms with Crippen LogP contribution in [0.3, 0.4) is 0 Å². The Hall–Kier alpha value is -1.81. The lowest BCUT2D eigenvalue weighted by Crippen LogP contribution is -2.27. The molecule has 0 spiro atoms. The van der Waals surface area contributed by atoms with Gasteiger partial charge in [-0.3, -0.25) is 4.79 Å². The van der Waals surface area contributed by atoms with Crippen LogP contribution in [-0.2, 0) is 4.79 Å². The zero-order valence-electron chi connectivity index (χ0n) is 10.9. The summed E-state index contributed by atoms with van der Waals surface area (Å²) in [5.74, 6) is -0.185. The summed E-state index contributed by atoms with van der Waals surface area (Å²) in [6.45, 7) is 5.16. The van der Waals surface area contributed by atoms with Crippen molar-refractivity contribution in [1.82, 2.24) is 4.98 Å². The Balaban J connectivity index is 2.27. The minimum absolute atomic E-state index is 0.0753. The number of fused-ring (bicyclic) bond motifs is 1. The van der Waals surface area contributed by atoms with E-state index in [-0.39, 0.29) is 12.3 Å². The van der Waals surface area contributed by atoms with Crippen molar-refractivity contribution < 1.29 is 9.90 Å². The van der Waals surface area contributed by atoms with E-state index in [4.69, 9.17) is 0 Å². The van der Waals surface area contributed by atoms with Crippen molar-refractivity contribution >= 4 is 22.5 Å². The predicted octanol–water partition coefficient (Wildman–Crippen LogP) is 2.58. The van der Waals surface area contributed by atoms with Crippen LogP contribution in [0.4, 0.5) is 5.69 Å². The zero-order chi connectivity index (χ0) is 13.3. The molecule has 0 aliphatic carbocycles. The van der Waals surface area contributed by atoms with Gasteiger partial charge < -0.3 is 15.4 Å². The number of carbonyl (C=O) groups is 1. The number of aryl methyl sites for hydroxylation is 1. The number of aromatic nitrogens is 1. The molecule has 1 aromatic carbocycles. The van der Waals surface area contributed by atoms with E-state index in [1.807, 2.05) is 31.2 Å². The van der Waals surface area contributed by atoms with Gasteiger partial charge in [-0.25, -0.2) is 0 Å². The van der Waals surface area contributed by atoms with Crippen LogP contribution in [0.2, 0.25) is 0 Å². The molecule has 0 bridgehead atoms. The van der Waals surface area contributed by atoms with Gasteiger partial charge in [0.1, 0.15) is 0 Å². The lowest BCUT2D eigenvalue weighted by Gasteiger charge is -2.16. The first kappa shape index (κ1) is 12.6. The molecule has 0 aliphatic heterocycles. The fourth-order valence-corrected chi connectivity index (χ4v) is 2.01. The largest absolute Gasteiger partial charge is 0.390 e. The molecule has 1 aromatic heterocycles. The Morgan fingerprint density at radius 2 is 2.06 bits per heavy atom. The minimum atomic E-state index is -0.996. The van der Waals surface area contributed by atoms with Crippen LogP contribution in [0.25, 0.3) is 10.9 Å². The van der Waals surface area contributed by atoms with Crippen LogP contribution < -0.4 is 5.32 Å². The molecule has 0 saturated heterocycles. The number of hydrogen-bond donors (Lipinski definition) is 3. The number of aliphatic hydroxyl groups is 1. The van der Waals surface area contributed by atoms with Crippen LogP contribution in [-0.4, -0.2) is 21.6 Å². The average Bonchev–Trinajstić information content (AvgIpc) is 2.53. The van der Waals surface area contributed by atoms with Gasteiger partial charge in [0.15, 0.2) is 0 Å². The third-order valence-electron chi connectivity index (χ3n) is 2.75. The summed E-state index contributed by atoms with van der Waals surface area (Å²) in [5.41, 5.74) is 1.71. The molecule has 0 saturated carbocycles. The number of amides is 1. The maximum Gasteiger partial charge on any atom is 0.227 e. The molecule has 0 aliphatic rings. The Morgan fingerprint density at radius 1 is 1.39 bits per heavy atom. The number of carbonyl (C=O) groups excluding carboxylic acids is 1. The molecule has 1 amide bonds. The smallest absolute Gasteiger partial charge is 0.227 e. The molecule has 4 heteroatoms. The Bertz CT molecular complexity index is 579. The van der Waals surface area contributed by atoms with Crippen LogP contribution in [0.5, 0.6) is 0 Å². The first-order valence-electron chi connectivity index (χ1n) is 5.96. The summed E-state index contributed by atoms with van der Waals surface area (Å²) >= 11 is 0. The van der Waals surface area contributed by atoms with E-state index in [1.54, 1.807) is 13.8 Å². The molecule has 0 atom stereocenters. The molecule has 1 heterocycles. The number of hydrogen-bond acceptors (Lipinski definition) is 2. The zero-order valence-corrected chi connectivity index (χ0v) is 10.9. The number of anilines is 1. The third-order valence-corrected chi connectivity index (χ3v) is 2.75. The van der Waals surface area contributed by atoms with Gasteiger partial charge in [0.25, 0.3) is 0 Å². The number of aromatic amines is 1. The molecule has 96 valence electrons. The number of H-pyrrole nitrogens is 1. The van der Waals surface area contributed by atoms with Gasteiger partial charge in [-0.2, -0.15) is 0 Å². The lowest BCUT2D eigenvalue weighted by atomic mass is 10.1. The Morgan fingerprint density at radius 3 is 2.72 bits per heavy atom. The van der Waals surface area contributed by atoms with Crippen molar-refractivity contribution in [2.45, 2.75) is 32.8 Å². The third kappa shape index (κ3) is 2.71. The van der Waals surface area contributed by atoms with E-state index in [9.17, 15) is 9.90 Å². The molecule has 0 fully saturated rings. The maximum atomic E-state index is 11.8. The minimum Gasteiger partial charge on any atom is -0.390 e. The van der Waals surface area contributed by atoms with E-state index in [1.165, 1.54) is 0 Å². The van der Waals surface area contributed by atoms with Gasteiger partial charge in [-0.15, -0.1) is 0 Å². The molecule has 18 heavy (non-hydrogen) atoms. The Kier molecular flexibility index (Phi) is 3.13. The maximum absolute atomic E-state index is 11.8. The second-order valence-corrected chi connectivity index (χ2v) is 5.21. The molecule has 3 N–H and O–H groups in total. The molecule has 0 unspecified atom stereocenters. The van der Waals surface area contributed by atoms with Crippen LogP contribution in [0.1, 0.15) is 26.0 Å². The number of rotatable bonds is 3. The average molecular weight is 246 g/mol. The highest BCUT2D eigenvalue weighted by molar-refractivity contribution is 6.03. The summed E-state index contributed by atoms with van der Waals surface area (Å²) in [4.78, 5) is 15.1. The summed E-state index contributed by atoms with van der Waals surface area (Å²) in [6, 6.07) is 7.80. The van der Waals surface area contributed by atoms with Crippen molar-refractivity contribution in [3.8, 4) is 0 Å². The lowest BCUT2D eigenvalue weighted by molar-refractivity contribution is -0.119. The van der Waals surface area contributed by atoms with Gasteiger partial charge >= 0.3 is 0 Å². The second-order valence-electron chi connectivity index (χ2n) is 5.21.